The van der Waals surface area contributed by atoms with E-state index in [9.17, 15) is 5.26 Å². The summed E-state index contributed by atoms with van der Waals surface area (Å²) in [6, 6.07) is 10.5. The van der Waals surface area contributed by atoms with Gasteiger partial charge >= 0.3 is 0 Å². The topological polar surface area (TPSA) is 44.5 Å². The van der Waals surface area contributed by atoms with Gasteiger partial charge in [0, 0.05) is 4.88 Å². The Labute approximate surface area is 131 Å². The number of aryl methyl sites for hydroxylation is 1. The van der Waals surface area contributed by atoms with E-state index in [-0.39, 0.29) is 6.04 Å². The largest absolute Gasteiger partial charge is 0.329 e. The van der Waals surface area contributed by atoms with Crippen LogP contribution < -0.4 is 0 Å². The summed E-state index contributed by atoms with van der Waals surface area (Å²) in [5, 5.41) is 11.4. The number of thiophene rings is 1. The van der Waals surface area contributed by atoms with Gasteiger partial charge in [-0.15, -0.1) is 11.3 Å². The lowest BCUT2D eigenvalue weighted by atomic mass is 9.93. The van der Waals surface area contributed by atoms with Gasteiger partial charge in [-0.1, -0.05) is 6.07 Å². The number of para-hydroxylation sites is 1. The Kier molecular flexibility index (Phi) is 2.95. The fourth-order valence-electron chi connectivity index (χ4n) is 3.28. The van der Waals surface area contributed by atoms with E-state index in [2.05, 4.69) is 27.1 Å². The molecule has 0 bridgehead atoms. The highest BCUT2D eigenvalue weighted by Gasteiger charge is 2.25. The lowest BCUT2D eigenvalue weighted by Crippen LogP contribution is -2.15. The summed E-state index contributed by atoms with van der Waals surface area (Å²) in [6.45, 7) is 0. The third-order valence-electron chi connectivity index (χ3n) is 4.21. The second-order valence-electron chi connectivity index (χ2n) is 5.32. The van der Waals surface area contributed by atoms with Crippen molar-refractivity contribution in [2.45, 2.75) is 25.3 Å². The van der Waals surface area contributed by atoms with Crippen LogP contribution >= 0.6 is 23.6 Å². The molecule has 1 aliphatic rings. The number of nitrogens with zero attached hydrogens (tertiary/aromatic N) is 2. The van der Waals surface area contributed by atoms with E-state index in [0.717, 1.165) is 17.5 Å². The van der Waals surface area contributed by atoms with Crippen molar-refractivity contribution in [3.63, 3.8) is 0 Å². The van der Waals surface area contributed by atoms with Crippen molar-refractivity contribution in [1.29, 1.82) is 5.26 Å². The third-order valence-corrected chi connectivity index (χ3v) is 5.50. The molecule has 2 aromatic heterocycles. The van der Waals surface area contributed by atoms with Crippen molar-refractivity contribution in [3.8, 4) is 6.07 Å². The van der Waals surface area contributed by atoms with Crippen LogP contribution in [0, 0.1) is 16.1 Å². The van der Waals surface area contributed by atoms with Crippen molar-refractivity contribution < 1.29 is 0 Å². The van der Waals surface area contributed by atoms with Gasteiger partial charge in [0.05, 0.1) is 22.6 Å². The van der Waals surface area contributed by atoms with Gasteiger partial charge in [-0.05, 0) is 60.6 Å². The van der Waals surface area contributed by atoms with Crippen LogP contribution in [0.2, 0.25) is 0 Å². The summed E-state index contributed by atoms with van der Waals surface area (Å²) >= 11 is 7.38. The van der Waals surface area contributed by atoms with Crippen LogP contribution in [0.25, 0.3) is 11.0 Å². The van der Waals surface area contributed by atoms with Crippen molar-refractivity contribution >= 4 is 34.6 Å². The molecule has 3 nitrogen and oxygen atoms in total. The van der Waals surface area contributed by atoms with Crippen molar-refractivity contribution in [2.24, 2.45) is 0 Å². The van der Waals surface area contributed by atoms with Crippen molar-refractivity contribution in [2.75, 3.05) is 0 Å². The zero-order valence-electron chi connectivity index (χ0n) is 11.3. The smallest absolute Gasteiger partial charge is 0.178 e. The third kappa shape index (κ3) is 1.87. The summed E-state index contributed by atoms with van der Waals surface area (Å²) < 4.78 is 2.90. The SMILES string of the molecule is N#Cc1cccc2c1[nH]c(=S)n2C1CCCc2sccc21. The second kappa shape index (κ2) is 4.83. The van der Waals surface area contributed by atoms with E-state index in [1.165, 1.54) is 23.3 Å². The molecule has 0 saturated carbocycles. The molecule has 2 heterocycles. The summed E-state index contributed by atoms with van der Waals surface area (Å²) in [5.41, 5.74) is 3.93. The highest BCUT2D eigenvalue weighted by molar-refractivity contribution is 7.71. The second-order valence-corrected chi connectivity index (χ2v) is 6.71. The summed E-state index contributed by atoms with van der Waals surface area (Å²) in [7, 11) is 0. The van der Waals surface area contributed by atoms with Crippen LogP contribution in [-0.2, 0) is 6.42 Å². The number of benzene rings is 1. The van der Waals surface area contributed by atoms with Crippen LogP contribution in [0.15, 0.2) is 29.6 Å². The minimum absolute atomic E-state index is 0.287. The minimum Gasteiger partial charge on any atom is -0.329 e. The summed E-state index contributed by atoms with van der Waals surface area (Å²) in [4.78, 5) is 4.70. The molecule has 1 aromatic carbocycles. The number of H-pyrrole nitrogens is 1. The first-order valence-electron chi connectivity index (χ1n) is 6.99. The van der Waals surface area contributed by atoms with E-state index in [1.807, 2.05) is 29.5 Å². The highest BCUT2D eigenvalue weighted by atomic mass is 32.1. The maximum atomic E-state index is 9.26. The van der Waals surface area contributed by atoms with Crippen LogP contribution in [0.5, 0.6) is 0 Å². The van der Waals surface area contributed by atoms with Crippen LogP contribution in [-0.4, -0.2) is 9.55 Å². The molecule has 0 aliphatic heterocycles. The molecule has 5 heteroatoms. The molecule has 1 unspecified atom stereocenters. The van der Waals surface area contributed by atoms with Gasteiger partial charge in [-0.3, -0.25) is 0 Å². The number of aromatic nitrogens is 2. The molecule has 0 fully saturated rings. The molecule has 1 aliphatic carbocycles. The Morgan fingerprint density at radius 2 is 2.29 bits per heavy atom. The number of rotatable bonds is 1. The van der Waals surface area contributed by atoms with E-state index < -0.39 is 0 Å². The molecule has 0 spiro atoms. The van der Waals surface area contributed by atoms with Crippen molar-refractivity contribution in [1.82, 2.24) is 9.55 Å². The zero-order valence-corrected chi connectivity index (χ0v) is 12.9. The Morgan fingerprint density at radius 1 is 1.38 bits per heavy atom. The average Bonchev–Trinajstić information content (AvgIpc) is 3.09. The normalized spacial score (nSPS) is 17.6. The fourth-order valence-corrected chi connectivity index (χ4v) is 4.59. The van der Waals surface area contributed by atoms with Gasteiger partial charge in [0.2, 0.25) is 0 Å². The minimum atomic E-state index is 0.287. The molecule has 21 heavy (non-hydrogen) atoms. The lowest BCUT2D eigenvalue weighted by molar-refractivity contribution is 0.500. The van der Waals surface area contributed by atoms with Gasteiger partial charge in [0.15, 0.2) is 4.77 Å². The number of nitriles is 1. The molecule has 1 atom stereocenters. The molecular formula is C16H13N3S2. The van der Waals surface area contributed by atoms with Crippen LogP contribution in [0.3, 0.4) is 0 Å². The predicted octanol–water partition coefficient (Wildman–Crippen LogP) is 4.56. The quantitative estimate of drug-likeness (QED) is 0.670. The van der Waals surface area contributed by atoms with Gasteiger partial charge in [-0.2, -0.15) is 5.26 Å². The number of imidazole rings is 1. The van der Waals surface area contributed by atoms with Gasteiger partial charge in [0.1, 0.15) is 6.07 Å². The highest BCUT2D eigenvalue weighted by Crippen LogP contribution is 2.38. The predicted molar refractivity (Wildman–Crippen MR) is 87.2 cm³/mol. The first kappa shape index (κ1) is 12.8. The maximum Gasteiger partial charge on any atom is 0.178 e. The van der Waals surface area contributed by atoms with E-state index in [4.69, 9.17) is 12.2 Å². The first-order valence-corrected chi connectivity index (χ1v) is 8.28. The Morgan fingerprint density at radius 3 is 3.14 bits per heavy atom. The van der Waals surface area contributed by atoms with Gasteiger partial charge in [-0.25, -0.2) is 0 Å². The van der Waals surface area contributed by atoms with Gasteiger partial charge in [0.25, 0.3) is 0 Å². The Bertz CT molecular complexity index is 923. The van der Waals surface area contributed by atoms with Crippen LogP contribution in [0.1, 0.15) is 34.9 Å². The van der Waals surface area contributed by atoms with E-state index in [1.54, 1.807) is 0 Å². The first-order chi connectivity index (χ1) is 10.3. The Balaban J connectivity index is 2.00. The lowest BCUT2D eigenvalue weighted by Gasteiger charge is -2.24. The average molecular weight is 311 g/mol. The standard InChI is InChI=1S/C16H13N3S2/c17-9-10-3-1-5-13-15(10)18-16(20)19(13)12-4-2-6-14-11(12)7-8-21-14/h1,3,5,7-8,12H,2,4,6H2,(H,18,20). The number of aromatic amines is 1. The molecule has 0 radical (unpaired) electrons. The maximum absolute atomic E-state index is 9.26. The van der Waals surface area contributed by atoms with Crippen molar-refractivity contribution in [3.05, 3.63) is 50.4 Å². The fraction of sp³-hybridized carbons (Fsp3) is 0.250. The molecule has 0 saturated heterocycles. The number of fused-ring (bicyclic) bond motifs is 2. The zero-order chi connectivity index (χ0) is 14.4. The molecule has 4 rings (SSSR count). The molecular weight excluding hydrogens is 298 g/mol. The Hall–Kier alpha value is -1.90. The van der Waals surface area contributed by atoms with Gasteiger partial charge < -0.3 is 9.55 Å². The summed E-state index contributed by atoms with van der Waals surface area (Å²) in [6.07, 6.45) is 3.45. The van der Waals surface area contributed by atoms with Crippen LogP contribution in [0.4, 0.5) is 0 Å². The summed E-state index contributed by atoms with van der Waals surface area (Å²) in [5.74, 6) is 0. The molecule has 1 N–H and O–H groups in total. The monoisotopic (exact) mass is 311 g/mol. The number of hydrogen-bond acceptors (Lipinski definition) is 3. The molecule has 104 valence electrons. The molecule has 3 aromatic rings. The molecule has 0 amide bonds. The van der Waals surface area contributed by atoms with E-state index in [0.29, 0.717) is 10.3 Å². The number of nitrogens with one attached hydrogen (secondary N) is 1. The number of hydrogen-bond donors (Lipinski definition) is 1. The van der Waals surface area contributed by atoms with E-state index >= 15 is 0 Å².